The molecule has 0 amide bonds. The summed E-state index contributed by atoms with van der Waals surface area (Å²) in [5, 5.41) is 11.3. The van der Waals surface area contributed by atoms with Gasteiger partial charge in [0.2, 0.25) is 0 Å². The Hall–Kier alpha value is -1.99. The maximum Gasteiger partial charge on any atom is 0.358 e. The summed E-state index contributed by atoms with van der Waals surface area (Å²) in [5.74, 6) is 0.222. The number of esters is 1. The Morgan fingerprint density at radius 3 is 2.52 bits per heavy atom. The Labute approximate surface area is 155 Å². The summed E-state index contributed by atoms with van der Waals surface area (Å²) in [6, 6.07) is 12.3. The number of hydrogen-bond donors (Lipinski definition) is 1. The van der Waals surface area contributed by atoms with Crippen molar-refractivity contribution in [1.29, 1.82) is 0 Å². The lowest BCUT2D eigenvalue weighted by atomic mass is 10.0. The van der Waals surface area contributed by atoms with E-state index in [0.29, 0.717) is 11.9 Å². The summed E-state index contributed by atoms with van der Waals surface area (Å²) in [6.45, 7) is 3.07. The van der Waals surface area contributed by atoms with Crippen molar-refractivity contribution in [1.82, 2.24) is 15.1 Å². The number of benzene rings is 1. The van der Waals surface area contributed by atoms with E-state index in [2.05, 4.69) is 65.3 Å². The van der Waals surface area contributed by atoms with Gasteiger partial charge in [-0.2, -0.15) is 0 Å². The van der Waals surface area contributed by atoms with Gasteiger partial charge in [-0.3, -0.25) is 4.90 Å². The number of carbonyl (C=O) groups excluding carboxylic acids is 1. The molecule has 0 unspecified atom stereocenters. The Kier molecular flexibility index (Phi) is 5.99. The number of carbonyl (C=O) groups is 1. The summed E-state index contributed by atoms with van der Waals surface area (Å²) in [5.41, 5.74) is 1.55. The zero-order valence-corrected chi connectivity index (χ0v) is 15.7. The minimum Gasteiger partial charge on any atom is -0.464 e. The van der Waals surface area contributed by atoms with Crippen molar-refractivity contribution in [2.45, 2.75) is 25.4 Å². The second kappa shape index (κ2) is 8.40. The number of anilines is 1. The van der Waals surface area contributed by atoms with Gasteiger partial charge in [-0.1, -0.05) is 28.1 Å². The summed E-state index contributed by atoms with van der Waals surface area (Å²) in [6.07, 6.45) is 2.11. The maximum absolute atomic E-state index is 11.4. The number of aromatic nitrogens is 2. The number of halogens is 1. The quantitative estimate of drug-likeness (QED) is 0.772. The Balaban J connectivity index is 1.47. The van der Waals surface area contributed by atoms with Crippen LogP contribution in [0.3, 0.4) is 0 Å². The first-order valence-corrected chi connectivity index (χ1v) is 9.09. The number of methoxy groups -OCH3 is 1. The van der Waals surface area contributed by atoms with Crippen molar-refractivity contribution in [3.8, 4) is 0 Å². The van der Waals surface area contributed by atoms with Crippen LogP contribution in [0.15, 0.2) is 40.9 Å². The van der Waals surface area contributed by atoms with Crippen LogP contribution < -0.4 is 5.32 Å². The topological polar surface area (TPSA) is 67.3 Å². The van der Waals surface area contributed by atoms with Gasteiger partial charge in [0.1, 0.15) is 5.82 Å². The van der Waals surface area contributed by atoms with Crippen molar-refractivity contribution in [2.75, 3.05) is 25.5 Å². The lowest BCUT2D eigenvalue weighted by Gasteiger charge is -2.32. The average Bonchev–Trinajstić information content (AvgIpc) is 2.65. The number of nitrogens with zero attached hydrogens (tertiary/aromatic N) is 3. The van der Waals surface area contributed by atoms with Crippen molar-refractivity contribution < 1.29 is 9.53 Å². The molecule has 1 fully saturated rings. The number of rotatable bonds is 5. The first-order chi connectivity index (χ1) is 12.1. The molecule has 0 radical (unpaired) electrons. The van der Waals surface area contributed by atoms with Gasteiger partial charge in [0, 0.05) is 30.1 Å². The predicted octanol–water partition coefficient (Wildman–Crippen LogP) is 3.10. The van der Waals surface area contributed by atoms with E-state index in [9.17, 15) is 4.79 Å². The van der Waals surface area contributed by atoms with E-state index >= 15 is 0 Å². The fourth-order valence-corrected chi connectivity index (χ4v) is 3.18. The van der Waals surface area contributed by atoms with Crippen LogP contribution in [0.1, 0.15) is 28.9 Å². The molecule has 1 aliphatic rings. The Morgan fingerprint density at radius 2 is 1.92 bits per heavy atom. The standard InChI is InChI=1S/C18H21BrN4O2/c1-25-18(24)16-6-7-17(22-21-16)20-15-8-10-23(11-9-15)12-13-2-4-14(19)5-3-13/h2-7,15H,8-12H2,1H3,(H,20,22). The van der Waals surface area contributed by atoms with E-state index in [1.807, 2.05) is 0 Å². The molecule has 1 aromatic carbocycles. The molecule has 1 aromatic heterocycles. The number of hydrogen-bond acceptors (Lipinski definition) is 6. The van der Waals surface area contributed by atoms with Crippen LogP contribution in [0.5, 0.6) is 0 Å². The molecule has 2 aromatic rings. The first-order valence-electron chi connectivity index (χ1n) is 8.29. The van der Waals surface area contributed by atoms with Gasteiger partial charge in [-0.25, -0.2) is 4.79 Å². The molecule has 0 atom stereocenters. The fraction of sp³-hybridized carbons (Fsp3) is 0.389. The Morgan fingerprint density at radius 1 is 1.20 bits per heavy atom. The van der Waals surface area contributed by atoms with E-state index in [4.69, 9.17) is 0 Å². The number of piperidine rings is 1. The van der Waals surface area contributed by atoms with Gasteiger partial charge in [-0.05, 0) is 42.7 Å². The van der Waals surface area contributed by atoms with E-state index in [1.165, 1.54) is 12.7 Å². The highest BCUT2D eigenvalue weighted by Crippen LogP contribution is 2.18. The monoisotopic (exact) mass is 404 g/mol. The maximum atomic E-state index is 11.4. The molecule has 1 N–H and O–H groups in total. The van der Waals surface area contributed by atoms with Crippen LogP contribution in [0.2, 0.25) is 0 Å². The lowest BCUT2D eigenvalue weighted by Crippen LogP contribution is -2.38. The minimum absolute atomic E-state index is 0.220. The number of likely N-dealkylation sites (tertiary alicyclic amines) is 1. The third-order valence-corrected chi connectivity index (χ3v) is 4.85. The second-order valence-corrected chi connectivity index (χ2v) is 7.03. The number of ether oxygens (including phenoxy) is 1. The average molecular weight is 405 g/mol. The number of nitrogens with one attached hydrogen (secondary N) is 1. The molecule has 0 aliphatic carbocycles. The van der Waals surface area contributed by atoms with Crippen LogP contribution in [0.25, 0.3) is 0 Å². The second-order valence-electron chi connectivity index (χ2n) is 6.12. The van der Waals surface area contributed by atoms with E-state index in [0.717, 1.165) is 36.9 Å². The fourth-order valence-electron chi connectivity index (χ4n) is 2.92. The molecule has 0 saturated carbocycles. The molecule has 1 aliphatic heterocycles. The van der Waals surface area contributed by atoms with Crippen LogP contribution in [0, 0.1) is 0 Å². The molecule has 1 saturated heterocycles. The zero-order chi connectivity index (χ0) is 17.6. The molecular formula is C18H21BrN4O2. The van der Waals surface area contributed by atoms with Crippen molar-refractivity contribution in [3.63, 3.8) is 0 Å². The normalized spacial score (nSPS) is 15.8. The highest BCUT2D eigenvalue weighted by Gasteiger charge is 2.19. The molecule has 2 heterocycles. The predicted molar refractivity (Wildman–Crippen MR) is 99.4 cm³/mol. The van der Waals surface area contributed by atoms with Gasteiger partial charge in [0.05, 0.1) is 7.11 Å². The summed E-state index contributed by atoms with van der Waals surface area (Å²) in [4.78, 5) is 13.8. The summed E-state index contributed by atoms with van der Waals surface area (Å²) < 4.78 is 5.73. The van der Waals surface area contributed by atoms with Gasteiger partial charge < -0.3 is 10.1 Å². The SMILES string of the molecule is COC(=O)c1ccc(NC2CCN(Cc3ccc(Br)cc3)CC2)nn1. The van der Waals surface area contributed by atoms with Crippen LogP contribution in [0.4, 0.5) is 5.82 Å². The summed E-state index contributed by atoms with van der Waals surface area (Å²) >= 11 is 3.47. The smallest absolute Gasteiger partial charge is 0.358 e. The molecular weight excluding hydrogens is 384 g/mol. The molecule has 25 heavy (non-hydrogen) atoms. The molecule has 132 valence electrons. The van der Waals surface area contributed by atoms with Crippen molar-refractivity contribution in [3.05, 3.63) is 52.1 Å². The van der Waals surface area contributed by atoms with E-state index < -0.39 is 5.97 Å². The summed E-state index contributed by atoms with van der Waals surface area (Å²) in [7, 11) is 1.33. The molecule has 6 nitrogen and oxygen atoms in total. The molecule has 0 bridgehead atoms. The minimum atomic E-state index is -0.472. The van der Waals surface area contributed by atoms with Gasteiger partial charge in [-0.15, -0.1) is 10.2 Å². The van der Waals surface area contributed by atoms with Gasteiger partial charge in [0.15, 0.2) is 5.69 Å². The van der Waals surface area contributed by atoms with Crippen LogP contribution in [-0.2, 0) is 11.3 Å². The molecule has 3 rings (SSSR count). The largest absolute Gasteiger partial charge is 0.464 e. The van der Waals surface area contributed by atoms with E-state index in [-0.39, 0.29) is 5.69 Å². The Bertz CT molecular complexity index is 698. The molecule has 7 heteroatoms. The third kappa shape index (κ3) is 4.99. The van der Waals surface area contributed by atoms with Gasteiger partial charge >= 0.3 is 5.97 Å². The lowest BCUT2D eigenvalue weighted by molar-refractivity contribution is 0.0593. The highest BCUT2D eigenvalue weighted by atomic mass is 79.9. The highest BCUT2D eigenvalue weighted by molar-refractivity contribution is 9.10. The molecule has 0 spiro atoms. The van der Waals surface area contributed by atoms with Crippen LogP contribution >= 0.6 is 15.9 Å². The van der Waals surface area contributed by atoms with Crippen molar-refractivity contribution >= 4 is 27.7 Å². The van der Waals surface area contributed by atoms with E-state index in [1.54, 1.807) is 12.1 Å². The third-order valence-electron chi connectivity index (χ3n) is 4.32. The first kappa shape index (κ1) is 17.8. The zero-order valence-electron chi connectivity index (χ0n) is 14.1. The van der Waals surface area contributed by atoms with Crippen molar-refractivity contribution in [2.24, 2.45) is 0 Å². The van der Waals surface area contributed by atoms with Crippen LogP contribution in [-0.4, -0.2) is 47.3 Å². The van der Waals surface area contributed by atoms with Gasteiger partial charge in [0.25, 0.3) is 0 Å².